The zero-order chi connectivity index (χ0) is 13.8. The van der Waals surface area contributed by atoms with E-state index in [1.807, 2.05) is 22.6 Å². The van der Waals surface area contributed by atoms with Gasteiger partial charge in [0, 0.05) is 21.7 Å². The Morgan fingerprint density at radius 1 is 1.26 bits per heavy atom. The van der Waals surface area contributed by atoms with Crippen LogP contribution >= 0.6 is 22.6 Å². The van der Waals surface area contributed by atoms with Crippen molar-refractivity contribution in [3.63, 3.8) is 0 Å². The summed E-state index contributed by atoms with van der Waals surface area (Å²) < 4.78 is 14.2. The Morgan fingerprint density at radius 2 is 2.00 bits per heavy atom. The van der Waals surface area contributed by atoms with E-state index < -0.39 is 4.92 Å². The zero-order valence-electron chi connectivity index (χ0n) is 9.77. The van der Waals surface area contributed by atoms with E-state index in [1.54, 1.807) is 30.3 Å². The number of nitro benzene ring substituents is 1. The van der Waals surface area contributed by atoms with Gasteiger partial charge in [0.25, 0.3) is 5.69 Å². The first-order valence-electron chi connectivity index (χ1n) is 5.49. The molecule has 0 spiro atoms. The van der Waals surface area contributed by atoms with Gasteiger partial charge in [-0.25, -0.2) is 4.39 Å². The second kappa shape index (κ2) is 5.96. The summed E-state index contributed by atoms with van der Waals surface area (Å²) >= 11 is 2.01. The van der Waals surface area contributed by atoms with Crippen LogP contribution in [0.1, 0.15) is 5.56 Å². The Labute approximate surface area is 122 Å². The van der Waals surface area contributed by atoms with Crippen LogP contribution in [-0.2, 0) is 6.54 Å². The lowest BCUT2D eigenvalue weighted by Crippen LogP contribution is -2.04. The molecule has 0 bridgehead atoms. The third-order valence-corrected chi connectivity index (χ3v) is 3.25. The average molecular weight is 372 g/mol. The fourth-order valence-corrected chi connectivity index (χ4v) is 2.11. The van der Waals surface area contributed by atoms with Crippen LogP contribution in [0.15, 0.2) is 42.5 Å². The third kappa shape index (κ3) is 3.40. The standard InChI is InChI=1S/C13H10FIN2O2/c14-11-4-2-1-3-9(11)8-16-12-6-5-10(15)7-13(12)17(18)19/h1-7,16H,8H2. The number of nitrogens with zero attached hydrogens (tertiary/aromatic N) is 1. The van der Waals surface area contributed by atoms with Gasteiger partial charge in [0.2, 0.25) is 0 Å². The van der Waals surface area contributed by atoms with E-state index in [0.29, 0.717) is 11.3 Å². The number of nitrogens with one attached hydrogen (secondary N) is 1. The van der Waals surface area contributed by atoms with Gasteiger partial charge in [0.1, 0.15) is 11.5 Å². The molecule has 0 aliphatic rings. The summed E-state index contributed by atoms with van der Waals surface area (Å²) in [6, 6.07) is 11.2. The van der Waals surface area contributed by atoms with Gasteiger partial charge in [-0.3, -0.25) is 10.1 Å². The van der Waals surface area contributed by atoms with Gasteiger partial charge in [-0.2, -0.15) is 0 Å². The van der Waals surface area contributed by atoms with Gasteiger partial charge in [-0.05, 0) is 40.8 Å². The average Bonchev–Trinajstić information content (AvgIpc) is 2.38. The summed E-state index contributed by atoms with van der Waals surface area (Å²) in [5.41, 5.74) is 0.840. The Balaban J connectivity index is 2.20. The van der Waals surface area contributed by atoms with Crippen molar-refractivity contribution in [3.05, 3.63) is 67.5 Å². The minimum atomic E-state index is -0.453. The van der Waals surface area contributed by atoms with E-state index in [4.69, 9.17) is 0 Å². The first kappa shape index (κ1) is 13.7. The number of hydrogen-bond acceptors (Lipinski definition) is 3. The molecule has 0 unspecified atom stereocenters. The van der Waals surface area contributed by atoms with Crippen LogP contribution in [0.3, 0.4) is 0 Å². The van der Waals surface area contributed by atoms with E-state index in [2.05, 4.69) is 5.32 Å². The van der Waals surface area contributed by atoms with Gasteiger partial charge >= 0.3 is 0 Å². The number of hydrogen-bond donors (Lipinski definition) is 1. The maximum atomic E-state index is 13.4. The van der Waals surface area contributed by atoms with Gasteiger partial charge < -0.3 is 5.32 Å². The second-order valence-corrected chi connectivity index (χ2v) is 5.11. The number of halogens is 2. The molecule has 1 N–H and O–H groups in total. The molecule has 2 aromatic rings. The number of rotatable bonds is 4. The Kier molecular flexibility index (Phi) is 4.31. The Hall–Kier alpha value is -1.70. The van der Waals surface area contributed by atoms with Crippen molar-refractivity contribution < 1.29 is 9.31 Å². The maximum absolute atomic E-state index is 13.4. The van der Waals surface area contributed by atoms with Crippen molar-refractivity contribution in [2.45, 2.75) is 6.54 Å². The molecule has 0 fully saturated rings. The lowest BCUT2D eigenvalue weighted by Gasteiger charge is -2.08. The molecular weight excluding hydrogens is 362 g/mol. The van der Waals surface area contributed by atoms with E-state index in [9.17, 15) is 14.5 Å². The van der Waals surface area contributed by atoms with Crippen molar-refractivity contribution in [2.75, 3.05) is 5.32 Å². The topological polar surface area (TPSA) is 55.2 Å². The Bertz CT molecular complexity index is 619. The van der Waals surface area contributed by atoms with Crippen molar-refractivity contribution in [3.8, 4) is 0 Å². The highest BCUT2D eigenvalue weighted by molar-refractivity contribution is 14.1. The first-order chi connectivity index (χ1) is 9.08. The molecule has 6 heteroatoms. The molecule has 0 amide bonds. The maximum Gasteiger partial charge on any atom is 0.293 e. The molecule has 98 valence electrons. The minimum Gasteiger partial charge on any atom is -0.375 e. The normalized spacial score (nSPS) is 10.2. The summed E-state index contributed by atoms with van der Waals surface area (Å²) in [6.07, 6.45) is 0. The number of nitro groups is 1. The van der Waals surface area contributed by atoms with Gasteiger partial charge in [-0.15, -0.1) is 0 Å². The van der Waals surface area contributed by atoms with Crippen LogP contribution in [0, 0.1) is 19.5 Å². The van der Waals surface area contributed by atoms with Crippen LogP contribution in [0.25, 0.3) is 0 Å². The summed E-state index contributed by atoms with van der Waals surface area (Å²) in [7, 11) is 0. The largest absolute Gasteiger partial charge is 0.375 e. The molecule has 0 saturated carbocycles. The summed E-state index contributed by atoms with van der Waals surface area (Å²) in [6.45, 7) is 0.202. The molecule has 0 aliphatic carbocycles. The molecule has 0 aliphatic heterocycles. The zero-order valence-corrected chi connectivity index (χ0v) is 11.9. The molecule has 0 aromatic heterocycles. The highest BCUT2D eigenvalue weighted by atomic mass is 127. The van der Waals surface area contributed by atoms with E-state index in [0.717, 1.165) is 3.57 Å². The second-order valence-electron chi connectivity index (χ2n) is 3.86. The smallest absolute Gasteiger partial charge is 0.293 e. The van der Waals surface area contributed by atoms with Crippen LogP contribution in [0.4, 0.5) is 15.8 Å². The van der Waals surface area contributed by atoms with Crippen LogP contribution < -0.4 is 5.32 Å². The predicted octanol–water partition coefficient (Wildman–Crippen LogP) is 3.95. The molecule has 19 heavy (non-hydrogen) atoms. The number of benzene rings is 2. The SMILES string of the molecule is O=[N+]([O-])c1cc(I)ccc1NCc1ccccc1F. The molecule has 2 aromatic carbocycles. The summed E-state index contributed by atoms with van der Waals surface area (Å²) in [5.74, 6) is -0.330. The highest BCUT2D eigenvalue weighted by Crippen LogP contribution is 2.26. The lowest BCUT2D eigenvalue weighted by molar-refractivity contribution is -0.384. The van der Waals surface area contributed by atoms with E-state index in [-0.39, 0.29) is 18.0 Å². The van der Waals surface area contributed by atoms with Crippen LogP contribution in [-0.4, -0.2) is 4.92 Å². The predicted molar refractivity (Wildman–Crippen MR) is 79.5 cm³/mol. The molecular formula is C13H10FIN2O2. The molecule has 4 nitrogen and oxygen atoms in total. The van der Waals surface area contributed by atoms with E-state index >= 15 is 0 Å². The minimum absolute atomic E-state index is 0.0109. The van der Waals surface area contributed by atoms with Crippen molar-refractivity contribution in [2.24, 2.45) is 0 Å². The summed E-state index contributed by atoms with van der Waals surface area (Å²) in [5, 5.41) is 13.8. The van der Waals surface area contributed by atoms with Crippen molar-refractivity contribution in [1.82, 2.24) is 0 Å². The Morgan fingerprint density at radius 3 is 2.68 bits per heavy atom. The van der Waals surface area contributed by atoms with Gasteiger partial charge in [0.05, 0.1) is 4.92 Å². The molecule has 0 atom stereocenters. The molecule has 0 radical (unpaired) electrons. The first-order valence-corrected chi connectivity index (χ1v) is 6.57. The van der Waals surface area contributed by atoms with Gasteiger partial charge in [0.15, 0.2) is 0 Å². The van der Waals surface area contributed by atoms with Gasteiger partial charge in [-0.1, -0.05) is 18.2 Å². The molecule has 0 saturated heterocycles. The van der Waals surface area contributed by atoms with Crippen LogP contribution in [0.2, 0.25) is 0 Å². The monoisotopic (exact) mass is 372 g/mol. The quantitative estimate of drug-likeness (QED) is 0.502. The van der Waals surface area contributed by atoms with Crippen LogP contribution in [0.5, 0.6) is 0 Å². The molecule has 0 heterocycles. The fraction of sp³-hybridized carbons (Fsp3) is 0.0769. The van der Waals surface area contributed by atoms with Crippen molar-refractivity contribution >= 4 is 34.0 Å². The molecule has 2 rings (SSSR count). The fourth-order valence-electron chi connectivity index (χ4n) is 1.64. The summed E-state index contributed by atoms with van der Waals surface area (Å²) in [4.78, 5) is 10.5. The number of anilines is 1. The lowest BCUT2D eigenvalue weighted by atomic mass is 10.2. The van der Waals surface area contributed by atoms with Crippen molar-refractivity contribution in [1.29, 1.82) is 0 Å². The highest BCUT2D eigenvalue weighted by Gasteiger charge is 2.14. The van der Waals surface area contributed by atoms with E-state index in [1.165, 1.54) is 12.1 Å². The third-order valence-electron chi connectivity index (χ3n) is 2.58.